The van der Waals surface area contributed by atoms with Crippen LogP contribution in [0.2, 0.25) is 0 Å². The summed E-state index contributed by atoms with van der Waals surface area (Å²) in [5.41, 5.74) is 2.10. The number of hydrogen-bond donors (Lipinski definition) is 1. The summed E-state index contributed by atoms with van der Waals surface area (Å²) in [5, 5.41) is 0. The molecule has 0 unspecified atom stereocenters. The highest BCUT2D eigenvalue weighted by Gasteiger charge is 1.97. The van der Waals surface area contributed by atoms with Crippen molar-refractivity contribution in [3.05, 3.63) is 65.5 Å². The summed E-state index contributed by atoms with van der Waals surface area (Å²) >= 11 is 4.19. The quantitative estimate of drug-likeness (QED) is 0.809. The average molecular weight is 248 g/mol. The molecule has 2 aromatic carbocycles. The van der Waals surface area contributed by atoms with Gasteiger partial charge >= 0.3 is 0 Å². The molecule has 0 aromatic heterocycles. The molecule has 0 amide bonds. The Kier molecular flexibility index (Phi) is 4.04. The number of hydrogen-bond acceptors (Lipinski definition) is 2. The van der Waals surface area contributed by atoms with Crippen molar-refractivity contribution in [1.29, 1.82) is 0 Å². The van der Waals surface area contributed by atoms with E-state index in [9.17, 15) is 4.39 Å². The van der Waals surface area contributed by atoms with Gasteiger partial charge in [-0.25, -0.2) is 4.39 Å². The average Bonchev–Trinajstić information content (AvgIpc) is 2.39. The predicted molar refractivity (Wildman–Crippen MR) is 69.9 cm³/mol. The van der Waals surface area contributed by atoms with Crippen LogP contribution in [0.5, 0.6) is 5.75 Å². The number of rotatable bonds is 4. The van der Waals surface area contributed by atoms with Crippen LogP contribution in [0.1, 0.15) is 11.1 Å². The SMILES string of the molecule is Fc1ccc(COc2ccc(CS)cc2)cc1. The van der Waals surface area contributed by atoms with Gasteiger partial charge in [0.1, 0.15) is 18.2 Å². The van der Waals surface area contributed by atoms with E-state index in [1.807, 2.05) is 24.3 Å². The van der Waals surface area contributed by atoms with Gasteiger partial charge in [0.2, 0.25) is 0 Å². The first-order chi connectivity index (χ1) is 8.28. The summed E-state index contributed by atoms with van der Waals surface area (Å²) in [6.45, 7) is 0.445. The van der Waals surface area contributed by atoms with Crippen molar-refractivity contribution >= 4 is 12.6 Å². The maximum Gasteiger partial charge on any atom is 0.123 e. The molecule has 0 saturated heterocycles. The molecule has 0 aliphatic heterocycles. The third-order valence-electron chi connectivity index (χ3n) is 2.42. The molecule has 0 aliphatic rings. The van der Waals surface area contributed by atoms with E-state index in [1.54, 1.807) is 12.1 Å². The topological polar surface area (TPSA) is 9.23 Å². The molecule has 0 saturated carbocycles. The van der Waals surface area contributed by atoms with E-state index in [1.165, 1.54) is 12.1 Å². The van der Waals surface area contributed by atoms with Crippen molar-refractivity contribution in [1.82, 2.24) is 0 Å². The first kappa shape index (κ1) is 12.0. The number of ether oxygens (including phenoxy) is 1. The molecule has 0 N–H and O–H groups in total. The van der Waals surface area contributed by atoms with Crippen LogP contribution in [0.15, 0.2) is 48.5 Å². The third-order valence-corrected chi connectivity index (χ3v) is 2.79. The number of halogens is 1. The van der Waals surface area contributed by atoms with Crippen molar-refractivity contribution in [2.45, 2.75) is 12.4 Å². The molecule has 0 spiro atoms. The van der Waals surface area contributed by atoms with E-state index in [0.29, 0.717) is 6.61 Å². The van der Waals surface area contributed by atoms with E-state index >= 15 is 0 Å². The third kappa shape index (κ3) is 3.49. The van der Waals surface area contributed by atoms with Crippen molar-refractivity contribution in [2.24, 2.45) is 0 Å². The van der Waals surface area contributed by atoms with Crippen molar-refractivity contribution < 1.29 is 9.13 Å². The summed E-state index contributed by atoms with van der Waals surface area (Å²) < 4.78 is 18.3. The summed E-state index contributed by atoms with van der Waals surface area (Å²) in [5.74, 6) is 1.30. The Morgan fingerprint density at radius 3 is 2.06 bits per heavy atom. The minimum absolute atomic E-state index is 0.230. The Bertz CT molecular complexity index is 465. The zero-order valence-electron chi connectivity index (χ0n) is 9.27. The Morgan fingerprint density at radius 1 is 0.882 bits per heavy atom. The summed E-state index contributed by atoms with van der Waals surface area (Å²) in [6.07, 6.45) is 0. The minimum atomic E-state index is -0.230. The van der Waals surface area contributed by atoms with E-state index in [4.69, 9.17) is 4.74 Å². The van der Waals surface area contributed by atoms with E-state index in [0.717, 1.165) is 22.6 Å². The molecule has 3 heteroatoms. The molecule has 88 valence electrons. The minimum Gasteiger partial charge on any atom is -0.489 e. The Hall–Kier alpha value is -1.48. The van der Waals surface area contributed by atoms with Gasteiger partial charge in [-0.1, -0.05) is 24.3 Å². The van der Waals surface area contributed by atoms with Gasteiger partial charge in [0.05, 0.1) is 0 Å². The smallest absolute Gasteiger partial charge is 0.123 e. The van der Waals surface area contributed by atoms with Crippen molar-refractivity contribution in [3.8, 4) is 5.75 Å². The zero-order valence-corrected chi connectivity index (χ0v) is 10.2. The standard InChI is InChI=1S/C14H13FOS/c15-13-5-1-11(2-6-13)9-16-14-7-3-12(10-17)4-8-14/h1-8,17H,9-10H2. The van der Waals surface area contributed by atoms with E-state index in [-0.39, 0.29) is 5.82 Å². The number of benzene rings is 2. The maximum absolute atomic E-state index is 12.7. The van der Waals surface area contributed by atoms with Gasteiger partial charge in [-0.2, -0.15) is 12.6 Å². The fourth-order valence-corrected chi connectivity index (χ4v) is 1.65. The van der Waals surface area contributed by atoms with Gasteiger partial charge in [-0.3, -0.25) is 0 Å². The van der Waals surface area contributed by atoms with Gasteiger partial charge < -0.3 is 4.74 Å². The lowest BCUT2D eigenvalue weighted by Gasteiger charge is -2.06. The Morgan fingerprint density at radius 2 is 1.47 bits per heavy atom. The van der Waals surface area contributed by atoms with Crippen LogP contribution in [-0.4, -0.2) is 0 Å². The van der Waals surface area contributed by atoms with Gasteiger partial charge in [0.15, 0.2) is 0 Å². The maximum atomic E-state index is 12.7. The Labute approximate surface area is 106 Å². The molecule has 0 radical (unpaired) electrons. The Balaban J connectivity index is 1.95. The van der Waals surface area contributed by atoms with Gasteiger partial charge in [0.25, 0.3) is 0 Å². The fraction of sp³-hybridized carbons (Fsp3) is 0.143. The highest BCUT2D eigenvalue weighted by Crippen LogP contribution is 2.15. The van der Waals surface area contributed by atoms with Gasteiger partial charge in [-0.05, 0) is 35.4 Å². The van der Waals surface area contributed by atoms with Crippen LogP contribution in [0, 0.1) is 5.82 Å². The molecule has 17 heavy (non-hydrogen) atoms. The largest absolute Gasteiger partial charge is 0.489 e. The fourth-order valence-electron chi connectivity index (χ4n) is 1.44. The highest BCUT2D eigenvalue weighted by atomic mass is 32.1. The lowest BCUT2D eigenvalue weighted by Crippen LogP contribution is -1.95. The van der Waals surface area contributed by atoms with Crippen LogP contribution in [0.25, 0.3) is 0 Å². The molecule has 0 bridgehead atoms. The molecule has 0 atom stereocenters. The predicted octanol–water partition coefficient (Wildman–Crippen LogP) is 3.83. The molecule has 2 aromatic rings. The highest BCUT2D eigenvalue weighted by molar-refractivity contribution is 7.79. The number of thiol groups is 1. The first-order valence-corrected chi connectivity index (χ1v) is 5.98. The molecule has 0 aliphatic carbocycles. The summed E-state index contributed by atoms with van der Waals surface area (Å²) in [6, 6.07) is 14.1. The molecular weight excluding hydrogens is 235 g/mol. The van der Waals surface area contributed by atoms with E-state index in [2.05, 4.69) is 12.6 Å². The normalized spacial score (nSPS) is 10.2. The molecule has 0 heterocycles. The monoisotopic (exact) mass is 248 g/mol. The van der Waals surface area contributed by atoms with Gasteiger partial charge in [-0.15, -0.1) is 0 Å². The molecule has 1 nitrogen and oxygen atoms in total. The van der Waals surface area contributed by atoms with Crippen LogP contribution < -0.4 is 4.74 Å². The lowest BCUT2D eigenvalue weighted by atomic mass is 10.2. The molecule has 0 fully saturated rings. The van der Waals surface area contributed by atoms with Crippen LogP contribution in [-0.2, 0) is 12.4 Å². The van der Waals surface area contributed by atoms with Crippen LogP contribution in [0.3, 0.4) is 0 Å². The zero-order chi connectivity index (χ0) is 12.1. The van der Waals surface area contributed by atoms with Gasteiger partial charge in [0, 0.05) is 5.75 Å². The molecule has 2 rings (SSSR count). The second-order valence-electron chi connectivity index (χ2n) is 3.72. The van der Waals surface area contributed by atoms with Crippen LogP contribution >= 0.6 is 12.6 Å². The summed E-state index contributed by atoms with van der Waals surface area (Å²) in [7, 11) is 0. The molecular formula is C14H13FOS. The van der Waals surface area contributed by atoms with E-state index < -0.39 is 0 Å². The summed E-state index contributed by atoms with van der Waals surface area (Å²) in [4.78, 5) is 0. The van der Waals surface area contributed by atoms with Crippen LogP contribution in [0.4, 0.5) is 4.39 Å². The van der Waals surface area contributed by atoms with Crippen molar-refractivity contribution in [3.63, 3.8) is 0 Å². The second kappa shape index (κ2) is 5.73. The van der Waals surface area contributed by atoms with Crippen molar-refractivity contribution in [2.75, 3.05) is 0 Å². The first-order valence-electron chi connectivity index (χ1n) is 5.35. The lowest BCUT2D eigenvalue weighted by molar-refractivity contribution is 0.306. The second-order valence-corrected chi connectivity index (χ2v) is 4.03.